The Hall–Kier alpha value is -0.410. The number of hydrogen-bond donors (Lipinski definition) is 1. The topological polar surface area (TPSA) is 24.9 Å². The van der Waals surface area contributed by atoms with Gasteiger partial charge in [0.2, 0.25) is 0 Å². The van der Waals surface area contributed by atoms with Gasteiger partial charge >= 0.3 is 0 Å². The fraction of sp³-hybridized carbons (Fsp3) is 0.833. The average Bonchev–Trinajstić information content (AvgIpc) is 3.07. The number of aromatic nitrogens is 1. The van der Waals surface area contributed by atoms with Crippen LogP contribution in [0.25, 0.3) is 0 Å². The molecule has 0 saturated heterocycles. The number of nitrogens with one attached hydrogen (secondary N) is 1. The van der Waals surface area contributed by atoms with Crippen molar-refractivity contribution < 1.29 is 0 Å². The van der Waals surface area contributed by atoms with E-state index < -0.39 is 0 Å². The quantitative estimate of drug-likeness (QED) is 0.855. The molecule has 1 N–H and O–H groups in total. The molecule has 0 aromatic carbocycles. The zero-order valence-corrected chi connectivity index (χ0v) is 14.7. The van der Waals surface area contributed by atoms with Gasteiger partial charge in [-0.3, -0.25) is 0 Å². The van der Waals surface area contributed by atoms with E-state index in [0.29, 0.717) is 0 Å². The van der Waals surface area contributed by atoms with Gasteiger partial charge in [-0.05, 0) is 69.7 Å². The molecule has 1 aromatic rings. The predicted octanol–water partition coefficient (Wildman–Crippen LogP) is 4.67. The van der Waals surface area contributed by atoms with E-state index in [0.717, 1.165) is 18.4 Å². The zero-order chi connectivity index (χ0) is 14.9. The molecule has 0 unspecified atom stereocenters. The van der Waals surface area contributed by atoms with Gasteiger partial charge in [-0.25, -0.2) is 4.98 Å². The molecule has 1 fully saturated rings. The molecule has 0 atom stereocenters. The van der Waals surface area contributed by atoms with E-state index >= 15 is 0 Å². The Labute approximate surface area is 133 Å². The van der Waals surface area contributed by atoms with E-state index in [9.17, 15) is 0 Å². The lowest BCUT2D eigenvalue weighted by molar-refractivity contribution is 0.160. The second-order valence-electron chi connectivity index (χ2n) is 7.33. The van der Waals surface area contributed by atoms with Gasteiger partial charge in [0.1, 0.15) is 5.01 Å². The normalized spacial score (nSPS) is 29.0. The molecule has 0 bridgehead atoms. The van der Waals surface area contributed by atoms with Gasteiger partial charge in [-0.1, -0.05) is 20.8 Å². The number of nitrogens with zero attached hydrogens (tertiary/aromatic N) is 1. The third-order valence-electron chi connectivity index (χ3n) is 5.55. The molecular weight excluding hydrogens is 276 g/mol. The van der Waals surface area contributed by atoms with Crippen LogP contribution in [0.1, 0.15) is 74.9 Å². The molecule has 3 heteroatoms. The molecule has 1 aromatic heterocycles. The summed E-state index contributed by atoms with van der Waals surface area (Å²) < 4.78 is 0. The summed E-state index contributed by atoms with van der Waals surface area (Å²) in [6.07, 6.45) is 10.3. The van der Waals surface area contributed by atoms with Crippen molar-refractivity contribution in [2.75, 3.05) is 6.54 Å². The molecule has 21 heavy (non-hydrogen) atoms. The molecule has 0 spiro atoms. The Balaban J connectivity index is 1.80. The number of thiazole rings is 1. The van der Waals surface area contributed by atoms with Gasteiger partial charge in [-0.2, -0.15) is 0 Å². The standard InChI is InChI=1S/C18H30N2S/c1-4-12-19-18(10-8-14(9-11-18)13(2)3)17-20-15-6-5-7-16(15)21-17/h13-14,19H,4-12H2,1-3H3. The Morgan fingerprint density at radius 3 is 2.67 bits per heavy atom. The number of fused-ring (bicyclic) bond motifs is 1. The van der Waals surface area contributed by atoms with Gasteiger partial charge < -0.3 is 5.32 Å². The SMILES string of the molecule is CCCNC1(c2nc3c(s2)CCC3)CCC(C(C)C)CC1. The molecule has 1 heterocycles. The molecule has 1 saturated carbocycles. The van der Waals surface area contributed by atoms with Crippen molar-refractivity contribution in [3.05, 3.63) is 15.6 Å². The molecule has 0 amide bonds. The van der Waals surface area contributed by atoms with Crippen LogP contribution in [0.3, 0.4) is 0 Å². The summed E-state index contributed by atoms with van der Waals surface area (Å²) in [4.78, 5) is 6.64. The Morgan fingerprint density at radius 1 is 1.29 bits per heavy atom. The van der Waals surface area contributed by atoms with Crippen LogP contribution in [0.2, 0.25) is 0 Å². The lowest BCUT2D eigenvalue weighted by atomic mass is 9.73. The van der Waals surface area contributed by atoms with Crippen LogP contribution in [-0.2, 0) is 18.4 Å². The second-order valence-corrected chi connectivity index (χ2v) is 8.42. The Morgan fingerprint density at radius 2 is 2.05 bits per heavy atom. The first kappa shape index (κ1) is 15.5. The summed E-state index contributed by atoms with van der Waals surface area (Å²) in [5, 5.41) is 5.30. The maximum Gasteiger partial charge on any atom is 0.113 e. The van der Waals surface area contributed by atoms with Crippen LogP contribution >= 0.6 is 11.3 Å². The summed E-state index contributed by atoms with van der Waals surface area (Å²) >= 11 is 2.01. The second kappa shape index (κ2) is 6.37. The molecule has 2 nitrogen and oxygen atoms in total. The lowest BCUT2D eigenvalue weighted by Crippen LogP contribution is -2.46. The number of rotatable bonds is 5. The molecule has 3 rings (SSSR count). The summed E-state index contributed by atoms with van der Waals surface area (Å²) in [6.45, 7) is 8.16. The van der Waals surface area contributed by atoms with Crippen LogP contribution in [0.4, 0.5) is 0 Å². The minimum absolute atomic E-state index is 0.191. The van der Waals surface area contributed by atoms with E-state index in [1.807, 2.05) is 11.3 Å². The number of hydrogen-bond acceptors (Lipinski definition) is 3. The zero-order valence-electron chi connectivity index (χ0n) is 13.9. The molecule has 118 valence electrons. The van der Waals surface area contributed by atoms with Crippen molar-refractivity contribution in [2.24, 2.45) is 11.8 Å². The molecular formula is C18H30N2S. The van der Waals surface area contributed by atoms with Crippen molar-refractivity contribution in [1.82, 2.24) is 10.3 Å². The van der Waals surface area contributed by atoms with Crippen molar-refractivity contribution in [2.45, 2.75) is 77.7 Å². The highest BCUT2D eigenvalue weighted by molar-refractivity contribution is 7.12. The van der Waals surface area contributed by atoms with Crippen LogP contribution < -0.4 is 5.32 Å². The van der Waals surface area contributed by atoms with Crippen LogP contribution in [0.15, 0.2) is 0 Å². The lowest BCUT2D eigenvalue weighted by Gasteiger charge is -2.41. The fourth-order valence-electron chi connectivity index (χ4n) is 4.03. The minimum atomic E-state index is 0.191. The third kappa shape index (κ3) is 3.05. The van der Waals surface area contributed by atoms with E-state index in [2.05, 4.69) is 26.1 Å². The maximum absolute atomic E-state index is 5.07. The van der Waals surface area contributed by atoms with Crippen LogP contribution in [0.5, 0.6) is 0 Å². The molecule has 0 radical (unpaired) electrons. The minimum Gasteiger partial charge on any atom is -0.305 e. The maximum atomic E-state index is 5.07. The first-order chi connectivity index (χ1) is 10.1. The summed E-state index contributed by atoms with van der Waals surface area (Å²) in [5.41, 5.74) is 1.61. The van der Waals surface area contributed by atoms with E-state index in [1.165, 1.54) is 62.1 Å². The van der Waals surface area contributed by atoms with Gasteiger partial charge in [0.15, 0.2) is 0 Å². The van der Waals surface area contributed by atoms with Crippen molar-refractivity contribution in [3.63, 3.8) is 0 Å². The van der Waals surface area contributed by atoms with Gasteiger partial charge in [0.25, 0.3) is 0 Å². The van der Waals surface area contributed by atoms with Crippen molar-refractivity contribution in [3.8, 4) is 0 Å². The summed E-state index contributed by atoms with van der Waals surface area (Å²) in [7, 11) is 0. The first-order valence-corrected chi connectivity index (χ1v) is 9.70. The van der Waals surface area contributed by atoms with E-state index in [1.54, 1.807) is 4.88 Å². The van der Waals surface area contributed by atoms with Gasteiger partial charge in [0, 0.05) is 4.88 Å². The highest BCUT2D eigenvalue weighted by Crippen LogP contribution is 2.44. The Bertz CT molecular complexity index is 448. The predicted molar refractivity (Wildman–Crippen MR) is 90.9 cm³/mol. The summed E-state index contributed by atoms with van der Waals surface area (Å²) in [5.74, 6) is 1.74. The van der Waals surface area contributed by atoms with Gasteiger partial charge in [-0.15, -0.1) is 11.3 Å². The van der Waals surface area contributed by atoms with Crippen molar-refractivity contribution in [1.29, 1.82) is 0 Å². The summed E-state index contributed by atoms with van der Waals surface area (Å²) in [6, 6.07) is 0. The van der Waals surface area contributed by atoms with E-state index in [4.69, 9.17) is 4.98 Å². The van der Waals surface area contributed by atoms with Crippen molar-refractivity contribution >= 4 is 11.3 Å². The highest BCUT2D eigenvalue weighted by Gasteiger charge is 2.40. The first-order valence-electron chi connectivity index (χ1n) is 8.88. The highest BCUT2D eigenvalue weighted by atomic mass is 32.1. The third-order valence-corrected chi connectivity index (χ3v) is 6.91. The monoisotopic (exact) mass is 306 g/mol. The average molecular weight is 307 g/mol. The van der Waals surface area contributed by atoms with Gasteiger partial charge in [0.05, 0.1) is 11.2 Å². The van der Waals surface area contributed by atoms with Crippen LogP contribution in [0, 0.1) is 11.8 Å². The Kier molecular flexibility index (Phi) is 4.70. The molecule has 0 aliphatic heterocycles. The smallest absolute Gasteiger partial charge is 0.113 e. The van der Waals surface area contributed by atoms with Crippen LogP contribution in [-0.4, -0.2) is 11.5 Å². The largest absolute Gasteiger partial charge is 0.305 e. The molecule has 2 aliphatic carbocycles. The molecule has 2 aliphatic rings. The fourth-order valence-corrected chi connectivity index (χ4v) is 5.40. The van der Waals surface area contributed by atoms with E-state index in [-0.39, 0.29) is 5.54 Å². The number of aryl methyl sites for hydroxylation is 2.